The Labute approximate surface area is 160 Å². The Morgan fingerprint density at radius 1 is 0.643 bits per heavy atom. The molecule has 4 nitrogen and oxygen atoms in total. The van der Waals surface area contributed by atoms with Crippen molar-refractivity contribution in [2.45, 2.75) is 65.7 Å². The molecule has 28 heavy (non-hydrogen) atoms. The van der Waals surface area contributed by atoms with E-state index in [-0.39, 0.29) is 25.7 Å². The van der Waals surface area contributed by atoms with Crippen LogP contribution in [0.4, 0.5) is 26.3 Å². The van der Waals surface area contributed by atoms with Crippen molar-refractivity contribution in [1.82, 2.24) is 0 Å². The number of alkyl halides is 6. The van der Waals surface area contributed by atoms with Gasteiger partial charge in [0.25, 0.3) is 0 Å². The van der Waals surface area contributed by atoms with Crippen LogP contribution in [-0.2, 0) is 9.59 Å². The molecule has 0 saturated carbocycles. The minimum Gasteiger partial charge on any atom is -0.481 e. The van der Waals surface area contributed by atoms with E-state index >= 15 is 0 Å². The maximum absolute atomic E-state index is 13.8. The summed E-state index contributed by atoms with van der Waals surface area (Å²) < 4.78 is 82.6. The second-order valence-corrected chi connectivity index (χ2v) is 7.02. The van der Waals surface area contributed by atoms with E-state index in [1.807, 2.05) is 0 Å². The van der Waals surface area contributed by atoms with Gasteiger partial charge >= 0.3 is 24.3 Å². The maximum atomic E-state index is 13.8. The monoisotopic (exact) mass is 422 g/mol. The largest absolute Gasteiger partial charge is 0.481 e. The molecule has 0 aromatic heterocycles. The van der Waals surface area contributed by atoms with Crippen molar-refractivity contribution in [2.75, 3.05) is 0 Å². The summed E-state index contributed by atoms with van der Waals surface area (Å²) in [5.41, 5.74) is 0. The van der Waals surface area contributed by atoms with Crippen LogP contribution < -0.4 is 0 Å². The first kappa shape index (κ1) is 26.5. The van der Waals surface area contributed by atoms with Crippen molar-refractivity contribution in [3.05, 3.63) is 0 Å². The predicted octanol–water partition coefficient (Wildman–Crippen LogP) is 5.62. The lowest BCUT2D eigenvalue weighted by Gasteiger charge is -2.40. The summed E-state index contributed by atoms with van der Waals surface area (Å²) in [5.74, 6) is -17.8. The molecule has 0 rings (SSSR count). The van der Waals surface area contributed by atoms with Crippen LogP contribution in [-0.4, -0.2) is 34.5 Å². The SMILES string of the molecule is CCC(CC)C(C(C(=O)O)C(C(=O)O)C(C(CC)CC)C(F)(F)F)C(F)(F)F. The van der Waals surface area contributed by atoms with E-state index in [0.29, 0.717) is 0 Å². The van der Waals surface area contributed by atoms with E-state index in [4.69, 9.17) is 0 Å². The molecule has 0 aromatic rings. The van der Waals surface area contributed by atoms with Crippen molar-refractivity contribution in [3.8, 4) is 0 Å². The fourth-order valence-electron chi connectivity index (χ4n) is 4.18. The highest BCUT2D eigenvalue weighted by Gasteiger charge is 2.61. The van der Waals surface area contributed by atoms with Gasteiger partial charge in [-0.05, 0) is 11.8 Å². The lowest BCUT2D eigenvalue weighted by Crippen LogP contribution is -2.52. The summed E-state index contributed by atoms with van der Waals surface area (Å²) in [6.45, 7) is 5.46. The fourth-order valence-corrected chi connectivity index (χ4v) is 4.18. The Hall–Kier alpha value is -1.48. The molecule has 0 radical (unpaired) electrons. The fraction of sp³-hybridized carbons (Fsp3) is 0.889. The molecule has 166 valence electrons. The lowest BCUT2D eigenvalue weighted by atomic mass is 9.65. The first-order valence-electron chi connectivity index (χ1n) is 9.27. The van der Waals surface area contributed by atoms with Crippen LogP contribution in [0, 0.1) is 35.5 Å². The number of aliphatic carboxylic acids is 2. The van der Waals surface area contributed by atoms with E-state index in [1.54, 1.807) is 0 Å². The summed E-state index contributed by atoms with van der Waals surface area (Å²) >= 11 is 0. The quantitative estimate of drug-likeness (QED) is 0.424. The first-order valence-corrected chi connectivity index (χ1v) is 9.27. The van der Waals surface area contributed by atoms with E-state index in [2.05, 4.69) is 0 Å². The standard InChI is InChI=1S/C18H28F6O4/c1-5-9(6-2)13(17(19,20)21)11(15(25)26)12(16(27)28)14(18(22,23)24)10(7-3)8-4/h9-14H,5-8H2,1-4H3,(H,25,26)(H,27,28). The molecule has 2 N–H and O–H groups in total. The smallest absolute Gasteiger partial charge is 0.392 e. The lowest BCUT2D eigenvalue weighted by molar-refractivity contribution is -0.243. The summed E-state index contributed by atoms with van der Waals surface area (Å²) in [7, 11) is 0. The number of carboxylic acids is 2. The van der Waals surface area contributed by atoms with Crippen molar-refractivity contribution < 1.29 is 46.1 Å². The van der Waals surface area contributed by atoms with Gasteiger partial charge in [-0.3, -0.25) is 9.59 Å². The Bertz CT molecular complexity index is 463. The molecule has 4 unspecified atom stereocenters. The zero-order valence-electron chi connectivity index (χ0n) is 16.3. The Balaban J connectivity index is 6.75. The second kappa shape index (κ2) is 10.3. The molecule has 0 heterocycles. The number of rotatable bonds is 11. The molecule has 4 atom stereocenters. The van der Waals surface area contributed by atoms with Crippen molar-refractivity contribution >= 4 is 11.9 Å². The van der Waals surface area contributed by atoms with Crippen LogP contribution in [0.2, 0.25) is 0 Å². The third-order valence-electron chi connectivity index (χ3n) is 5.60. The number of carbonyl (C=O) groups is 2. The molecule has 0 bridgehead atoms. The predicted molar refractivity (Wildman–Crippen MR) is 89.5 cm³/mol. The molecule has 0 spiro atoms. The van der Waals surface area contributed by atoms with Gasteiger partial charge in [-0.1, -0.05) is 53.4 Å². The Morgan fingerprint density at radius 3 is 0.964 bits per heavy atom. The van der Waals surface area contributed by atoms with Gasteiger partial charge in [0.15, 0.2) is 0 Å². The van der Waals surface area contributed by atoms with E-state index in [0.717, 1.165) is 0 Å². The molecule has 0 aromatic carbocycles. The van der Waals surface area contributed by atoms with Gasteiger partial charge < -0.3 is 10.2 Å². The summed E-state index contributed by atoms with van der Waals surface area (Å²) in [4.78, 5) is 23.5. The molecular formula is C18H28F6O4. The number of hydrogen-bond donors (Lipinski definition) is 2. The third kappa shape index (κ3) is 6.27. The molecule has 0 amide bonds. The summed E-state index contributed by atoms with van der Waals surface area (Å²) in [5, 5.41) is 19.0. The molecule has 10 heteroatoms. The average molecular weight is 422 g/mol. The normalized spacial score (nSPS) is 17.4. The van der Waals surface area contributed by atoms with Gasteiger partial charge in [0.2, 0.25) is 0 Å². The second-order valence-electron chi connectivity index (χ2n) is 7.02. The van der Waals surface area contributed by atoms with E-state index in [1.165, 1.54) is 27.7 Å². The highest BCUT2D eigenvalue weighted by Crippen LogP contribution is 2.50. The van der Waals surface area contributed by atoms with Crippen LogP contribution in [0.15, 0.2) is 0 Å². The minimum absolute atomic E-state index is 0.140. The average Bonchev–Trinajstić information content (AvgIpc) is 2.54. The highest BCUT2D eigenvalue weighted by atomic mass is 19.4. The molecule has 0 fully saturated rings. The van der Waals surface area contributed by atoms with Gasteiger partial charge in [-0.15, -0.1) is 0 Å². The van der Waals surface area contributed by atoms with Crippen LogP contribution in [0.5, 0.6) is 0 Å². The van der Waals surface area contributed by atoms with Crippen molar-refractivity contribution in [1.29, 1.82) is 0 Å². The molecule has 0 aliphatic carbocycles. The highest BCUT2D eigenvalue weighted by molar-refractivity contribution is 5.80. The van der Waals surface area contributed by atoms with Crippen LogP contribution in [0.1, 0.15) is 53.4 Å². The molecular weight excluding hydrogens is 394 g/mol. The van der Waals surface area contributed by atoms with Gasteiger partial charge in [0.1, 0.15) is 0 Å². The van der Waals surface area contributed by atoms with Crippen molar-refractivity contribution in [3.63, 3.8) is 0 Å². The zero-order valence-corrected chi connectivity index (χ0v) is 16.3. The number of halogens is 6. The number of hydrogen-bond acceptors (Lipinski definition) is 2. The third-order valence-corrected chi connectivity index (χ3v) is 5.60. The van der Waals surface area contributed by atoms with Crippen LogP contribution >= 0.6 is 0 Å². The van der Waals surface area contributed by atoms with Gasteiger partial charge in [-0.2, -0.15) is 26.3 Å². The van der Waals surface area contributed by atoms with E-state index < -0.39 is 59.8 Å². The zero-order chi connectivity index (χ0) is 22.4. The van der Waals surface area contributed by atoms with Crippen LogP contribution in [0.3, 0.4) is 0 Å². The van der Waals surface area contributed by atoms with Gasteiger partial charge in [-0.25, -0.2) is 0 Å². The van der Waals surface area contributed by atoms with Crippen molar-refractivity contribution in [2.24, 2.45) is 35.5 Å². The molecule has 0 saturated heterocycles. The van der Waals surface area contributed by atoms with Crippen LogP contribution in [0.25, 0.3) is 0 Å². The summed E-state index contributed by atoms with van der Waals surface area (Å²) in [6, 6.07) is 0. The number of carboxylic acid groups (broad SMARTS) is 2. The molecule has 0 aliphatic rings. The maximum Gasteiger partial charge on any atom is 0.392 e. The topological polar surface area (TPSA) is 74.6 Å². The molecule has 0 aliphatic heterocycles. The van der Waals surface area contributed by atoms with Gasteiger partial charge in [0, 0.05) is 0 Å². The Morgan fingerprint density at radius 2 is 0.857 bits per heavy atom. The summed E-state index contributed by atoms with van der Waals surface area (Å²) in [6.07, 6.45) is -10.9. The minimum atomic E-state index is -5.16. The van der Waals surface area contributed by atoms with Gasteiger partial charge in [0.05, 0.1) is 23.7 Å². The van der Waals surface area contributed by atoms with E-state index in [9.17, 15) is 46.1 Å². The Kier molecular flexibility index (Phi) is 9.79. The first-order chi connectivity index (χ1) is 12.7.